The van der Waals surface area contributed by atoms with Crippen LogP contribution >= 0.6 is 11.6 Å². The minimum Gasteiger partial charge on any atom is -0.494 e. The van der Waals surface area contributed by atoms with Crippen molar-refractivity contribution in [3.63, 3.8) is 0 Å². The van der Waals surface area contributed by atoms with Gasteiger partial charge in [0.05, 0.1) is 24.4 Å². The van der Waals surface area contributed by atoms with Gasteiger partial charge in [0.25, 0.3) is 0 Å². The number of halogens is 1. The van der Waals surface area contributed by atoms with Crippen LogP contribution < -0.4 is 14.2 Å². The van der Waals surface area contributed by atoms with Gasteiger partial charge in [-0.3, -0.25) is 4.99 Å². The van der Waals surface area contributed by atoms with Crippen molar-refractivity contribution in [2.45, 2.75) is 6.92 Å². The molecule has 2 aromatic rings. The Morgan fingerprint density at radius 1 is 1.21 bits per heavy atom. The molecule has 0 heterocycles. The third-order valence-electron chi connectivity index (χ3n) is 3.06. The summed E-state index contributed by atoms with van der Waals surface area (Å²) in [4.78, 5) is 4.42. The Morgan fingerprint density at radius 3 is 2.58 bits per heavy atom. The van der Waals surface area contributed by atoms with Crippen LogP contribution in [0.5, 0.6) is 17.2 Å². The average Bonchev–Trinajstić information content (AvgIpc) is 2.60. The molecule has 0 saturated heterocycles. The van der Waals surface area contributed by atoms with E-state index in [-0.39, 0.29) is 6.61 Å². The van der Waals surface area contributed by atoms with Crippen molar-refractivity contribution in [1.82, 2.24) is 0 Å². The Bertz CT molecular complexity index is 748. The first-order chi connectivity index (χ1) is 11.7. The number of methoxy groups -OCH3 is 1. The van der Waals surface area contributed by atoms with Crippen LogP contribution in [0.4, 0.5) is 5.69 Å². The van der Waals surface area contributed by atoms with E-state index in [1.165, 1.54) is 0 Å². The van der Waals surface area contributed by atoms with Crippen molar-refractivity contribution in [1.29, 1.82) is 0 Å². The van der Waals surface area contributed by atoms with Crippen LogP contribution in [0.2, 0.25) is 5.02 Å². The predicted octanol–water partition coefficient (Wildman–Crippen LogP) is 4.51. The lowest BCUT2D eigenvalue weighted by Gasteiger charge is -2.11. The average molecular weight is 344 g/mol. The molecule has 0 aliphatic carbocycles. The van der Waals surface area contributed by atoms with E-state index in [2.05, 4.69) is 10.9 Å². The van der Waals surface area contributed by atoms with E-state index in [9.17, 15) is 0 Å². The number of nitrogens with zero attached hydrogens (tertiary/aromatic N) is 1. The summed E-state index contributed by atoms with van der Waals surface area (Å²) >= 11 is 6.23. The number of ether oxygens (including phenoxy) is 3. The summed E-state index contributed by atoms with van der Waals surface area (Å²) < 4.78 is 16.1. The third kappa shape index (κ3) is 4.68. The summed E-state index contributed by atoms with van der Waals surface area (Å²) in [6.07, 6.45) is 6.90. The van der Waals surface area contributed by atoms with Gasteiger partial charge in [-0.25, -0.2) is 0 Å². The van der Waals surface area contributed by atoms with Gasteiger partial charge < -0.3 is 14.2 Å². The molecule has 0 radical (unpaired) electrons. The minimum absolute atomic E-state index is 0.121. The normalized spacial score (nSPS) is 10.4. The van der Waals surface area contributed by atoms with Gasteiger partial charge in [0.1, 0.15) is 12.4 Å². The maximum Gasteiger partial charge on any atom is 0.181 e. The lowest BCUT2D eigenvalue weighted by Crippen LogP contribution is -1.98. The first kappa shape index (κ1) is 17.7. The van der Waals surface area contributed by atoms with Crippen LogP contribution in [0.3, 0.4) is 0 Å². The number of aliphatic imine (C=N–C) groups is 1. The Hall–Kier alpha value is -2.64. The van der Waals surface area contributed by atoms with Gasteiger partial charge in [0, 0.05) is 6.21 Å². The smallest absolute Gasteiger partial charge is 0.181 e. The van der Waals surface area contributed by atoms with Crippen molar-refractivity contribution in [2.24, 2.45) is 4.99 Å². The molecule has 24 heavy (non-hydrogen) atoms. The number of rotatable bonds is 7. The molecular weight excluding hydrogens is 326 g/mol. The maximum atomic E-state index is 6.23. The summed E-state index contributed by atoms with van der Waals surface area (Å²) in [5.41, 5.74) is 1.60. The Balaban J connectivity index is 2.19. The fourth-order valence-corrected chi connectivity index (χ4v) is 2.29. The van der Waals surface area contributed by atoms with Crippen molar-refractivity contribution in [3.8, 4) is 29.6 Å². The van der Waals surface area contributed by atoms with Crippen LogP contribution in [-0.4, -0.2) is 26.5 Å². The van der Waals surface area contributed by atoms with E-state index in [1.807, 2.05) is 31.2 Å². The van der Waals surface area contributed by atoms with Crippen molar-refractivity contribution >= 4 is 23.5 Å². The van der Waals surface area contributed by atoms with Crippen molar-refractivity contribution < 1.29 is 14.2 Å². The van der Waals surface area contributed by atoms with E-state index < -0.39 is 0 Å². The summed E-state index contributed by atoms with van der Waals surface area (Å²) in [7, 11) is 1.54. The van der Waals surface area contributed by atoms with Crippen molar-refractivity contribution in [3.05, 3.63) is 47.0 Å². The molecule has 2 rings (SSSR count). The maximum absolute atomic E-state index is 6.23. The first-order valence-corrected chi connectivity index (χ1v) is 7.76. The van der Waals surface area contributed by atoms with Crippen LogP contribution in [-0.2, 0) is 0 Å². The highest BCUT2D eigenvalue weighted by Gasteiger charge is 2.11. The molecule has 0 bridgehead atoms. The Labute approximate surface area is 147 Å². The molecule has 2 aromatic carbocycles. The standard InChI is InChI=1S/C19H18ClNO3/c1-4-10-24-19-17(20)11-14(12-18(19)22-3)13-21-15-6-8-16(9-7-15)23-5-2/h1,6-9,11-13H,5,10H2,2-3H3. The van der Waals surface area contributed by atoms with Gasteiger partial charge in [-0.1, -0.05) is 17.5 Å². The number of hydrogen-bond acceptors (Lipinski definition) is 4. The molecule has 0 unspecified atom stereocenters. The Morgan fingerprint density at radius 2 is 1.96 bits per heavy atom. The van der Waals surface area contributed by atoms with Crippen LogP contribution in [0.1, 0.15) is 12.5 Å². The fourth-order valence-electron chi connectivity index (χ4n) is 2.01. The molecule has 0 atom stereocenters. The first-order valence-electron chi connectivity index (χ1n) is 7.38. The molecule has 0 N–H and O–H groups in total. The third-order valence-corrected chi connectivity index (χ3v) is 3.34. The van der Waals surface area contributed by atoms with E-state index >= 15 is 0 Å². The monoisotopic (exact) mass is 343 g/mol. The molecule has 0 saturated carbocycles. The molecule has 0 spiro atoms. The highest BCUT2D eigenvalue weighted by Crippen LogP contribution is 2.36. The minimum atomic E-state index is 0.121. The lowest BCUT2D eigenvalue weighted by molar-refractivity contribution is 0.331. The molecular formula is C19H18ClNO3. The zero-order valence-corrected chi connectivity index (χ0v) is 14.3. The molecule has 4 nitrogen and oxygen atoms in total. The molecule has 0 aliphatic heterocycles. The zero-order chi connectivity index (χ0) is 17.4. The highest BCUT2D eigenvalue weighted by molar-refractivity contribution is 6.32. The van der Waals surface area contributed by atoms with E-state index in [1.54, 1.807) is 25.5 Å². The van der Waals surface area contributed by atoms with Crippen LogP contribution in [0.15, 0.2) is 41.4 Å². The zero-order valence-electron chi connectivity index (χ0n) is 13.6. The van der Waals surface area contributed by atoms with Crippen LogP contribution in [0.25, 0.3) is 0 Å². The summed E-state index contributed by atoms with van der Waals surface area (Å²) in [6.45, 7) is 2.70. The molecule has 124 valence electrons. The summed E-state index contributed by atoms with van der Waals surface area (Å²) in [6, 6.07) is 11.0. The second-order valence-electron chi connectivity index (χ2n) is 4.71. The predicted molar refractivity (Wildman–Crippen MR) is 97.2 cm³/mol. The summed E-state index contributed by atoms with van der Waals surface area (Å²) in [5, 5.41) is 0.415. The molecule has 0 aliphatic rings. The lowest BCUT2D eigenvalue weighted by atomic mass is 10.2. The van der Waals surface area contributed by atoms with Gasteiger partial charge in [-0.2, -0.15) is 0 Å². The van der Waals surface area contributed by atoms with Crippen molar-refractivity contribution in [2.75, 3.05) is 20.3 Å². The van der Waals surface area contributed by atoms with Crippen LogP contribution in [0, 0.1) is 12.3 Å². The quantitative estimate of drug-likeness (QED) is 0.548. The number of terminal acetylenes is 1. The molecule has 0 amide bonds. The largest absolute Gasteiger partial charge is 0.494 e. The van der Waals surface area contributed by atoms with Gasteiger partial charge in [0.15, 0.2) is 11.5 Å². The second kappa shape index (κ2) is 8.85. The second-order valence-corrected chi connectivity index (χ2v) is 5.12. The SMILES string of the molecule is C#CCOc1c(Cl)cc(C=Nc2ccc(OCC)cc2)cc1OC. The molecule has 0 fully saturated rings. The van der Waals surface area contributed by atoms with Gasteiger partial charge in [-0.05, 0) is 48.9 Å². The van der Waals surface area contributed by atoms with E-state index in [4.69, 9.17) is 32.2 Å². The number of hydrogen-bond donors (Lipinski definition) is 0. The number of benzene rings is 2. The van der Waals surface area contributed by atoms with Gasteiger partial charge in [0.2, 0.25) is 0 Å². The topological polar surface area (TPSA) is 40.0 Å². The molecule has 0 aromatic heterocycles. The summed E-state index contributed by atoms with van der Waals surface area (Å²) in [5.74, 6) is 4.14. The highest BCUT2D eigenvalue weighted by atomic mass is 35.5. The molecule has 5 heteroatoms. The fraction of sp³-hybridized carbons (Fsp3) is 0.211. The van der Waals surface area contributed by atoms with E-state index in [0.29, 0.717) is 23.1 Å². The Kier molecular flexibility index (Phi) is 6.53. The van der Waals surface area contributed by atoms with Gasteiger partial charge in [-0.15, -0.1) is 6.42 Å². The van der Waals surface area contributed by atoms with Gasteiger partial charge >= 0.3 is 0 Å². The van der Waals surface area contributed by atoms with E-state index in [0.717, 1.165) is 17.0 Å².